The Balaban J connectivity index is 1.74. The molecular weight excluding hydrogens is 391 g/mol. The van der Waals surface area contributed by atoms with Gasteiger partial charge in [0.1, 0.15) is 11.4 Å². The molecule has 0 bridgehead atoms. The van der Waals surface area contributed by atoms with Crippen LogP contribution in [-0.4, -0.2) is 21.5 Å². The smallest absolute Gasteiger partial charge is 0.117 e. The van der Waals surface area contributed by atoms with Crippen molar-refractivity contribution in [3.63, 3.8) is 0 Å². The molecule has 0 unspecified atom stereocenters. The van der Waals surface area contributed by atoms with Gasteiger partial charge in [0.15, 0.2) is 0 Å². The summed E-state index contributed by atoms with van der Waals surface area (Å²) in [5, 5.41) is 14.1. The summed E-state index contributed by atoms with van der Waals surface area (Å²) in [7, 11) is 0. The van der Waals surface area contributed by atoms with E-state index in [9.17, 15) is 0 Å². The second-order valence-corrected chi connectivity index (χ2v) is 7.69. The van der Waals surface area contributed by atoms with Gasteiger partial charge < -0.3 is 5.32 Å². The third-order valence-corrected chi connectivity index (χ3v) is 5.32. The topological polar surface area (TPSA) is 42.7 Å². The van der Waals surface area contributed by atoms with Crippen molar-refractivity contribution in [1.82, 2.24) is 20.3 Å². The van der Waals surface area contributed by atoms with Gasteiger partial charge in [0, 0.05) is 12.1 Å². The molecule has 0 radical (unpaired) electrons. The van der Waals surface area contributed by atoms with Crippen LogP contribution < -0.4 is 5.32 Å². The first-order chi connectivity index (χ1) is 13.7. The van der Waals surface area contributed by atoms with Crippen molar-refractivity contribution in [2.24, 2.45) is 0 Å². The van der Waals surface area contributed by atoms with E-state index >= 15 is 0 Å². The fraction of sp³-hybridized carbons (Fsp3) is 0.364. The molecule has 6 heteroatoms. The number of nitrogens with zero attached hydrogens (tertiary/aromatic N) is 3. The lowest BCUT2D eigenvalue weighted by molar-refractivity contribution is 0.565. The van der Waals surface area contributed by atoms with E-state index < -0.39 is 0 Å². The van der Waals surface area contributed by atoms with Crippen LogP contribution in [0.25, 0.3) is 11.3 Å². The predicted molar refractivity (Wildman–Crippen MR) is 117 cm³/mol. The van der Waals surface area contributed by atoms with Gasteiger partial charge in [-0.3, -0.25) is 0 Å². The van der Waals surface area contributed by atoms with E-state index in [4.69, 9.17) is 33.4 Å². The van der Waals surface area contributed by atoms with Crippen molar-refractivity contribution in [2.75, 3.05) is 6.54 Å². The molecule has 3 rings (SSSR count). The average Bonchev–Trinajstić information content (AvgIpc) is 3.11. The zero-order chi connectivity index (χ0) is 19.8. The summed E-state index contributed by atoms with van der Waals surface area (Å²) < 4.78 is 0. The van der Waals surface area contributed by atoms with Gasteiger partial charge in [-0.25, -0.2) is 0 Å². The second kappa shape index (κ2) is 10.6. The molecule has 2 aromatic carbocycles. The molecule has 28 heavy (non-hydrogen) atoms. The maximum Gasteiger partial charge on any atom is 0.117 e. The molecule has 0 fully saturated rings. The van der Waals surface area contributed by atoms with Gasteiger partial charge in [0.2, 0.25) is 0 Å². The maximum atomic E-state index is 6.14. The van der Waals surface area contributed by atoms with Crippen molar-refractivity contribution in [3.05, 3.63) is 69.8 Å². The first kappa shape index (κ1) is 20.8. The molecule has 148 valence electrons. The normalized spacial score (nSPS) is 11.1. The lowest BCUT2D eigenvalue weighted by atomic mass is 10.1. The molecule has 0 aliphatic carbocycles. The van der Waals surface area contributed by atoms with Crippen molar-refractivity contribution in [2.45, 2.75) is 45.7 Å². The molecule has 0 spiro atoms. The van der Waals surface area contributed by atoms with Crippen molar-refractivity contribution >= 4 is 23.2 Å². The Morgan fingerprint density at radius 3 is 2.50 bits per heavy atom. The van der Waals surface area contributed by atoms with Gasteiger partial charge in [-0.15, -0.1) is 0 Å². The van der Waals surface area contributed by atoms with Gasteiger partial charge in [-0.2, -0.15) is 15.0 Å². The number of hydrogen-bond acceptors (Lipinski definition) is 3. The Morgan fingerprint density at radius 2 is 1.75 bits per heavy atom. The molecule has 0 atom stereocenters. The summed E-state index contributed by atoms with van der Waals surface area (Å²) in [4.78, 5) is 1.73. The standard InChI is InChI=1S/C22H26Cl2N4/c1-2-3-4-8-13-25-15-21-22(18-9-6-5-7-10-18)27-28(26-21)16-17-11-12-19(23)20(24)14-17/h5-7,9-12,14,25H,2-4,8,13,15-16H2,1H3. The van der Waals surface area contributed by atoms with Gasteiger partial charge in [-0.05, 0) is 30.7 Å². The Labute approximate surface area is 176 Å². The van der Waals surface area contributed by atoms with E-state index in [0.717, 1.165) is 29.1 Å². The lowest BCUT2D eigenvalue weighted by Crippen LogP contribution is -2.16. The molecule has 1 heterocycles. The third-order valence-electron chi connectivity index (χ3n) is 4.58. The maximum absolute atomic E-state index is 6.14. The van der Waals surface area contributed by atoms with Gasteiger partial charge >= 0.3 is 0 Å². The molecule has 3 aromatic rings. The number of rotatable bonds is 10. The molecule has 0 aliphatic heterocycles. The SMILES string of the molecule is CCCCCCNCc1nn(Cc2ccc(Cl)c(Cl)c2)nc1-c1ccccc1. The minimum Gasteiger partial charge on any atom is -0.311 e. The molecular formula is C22H26Cl2N4. The number of unbranched alkanes of at least 4 members (excludes halogenated alkanes) is 3. The fourth-order valence-electron chi connectivity index (χ4n) is 3.08. The molecule has 0 saturated carbocycles. The van der Waals surface area contributed by atoms with Crippen molar-refractivity contribution in [1.29, 1.82) is 0 Å². The zero-order valence-electron chi connectivity index (χ0n) is 16.2. The van der Waals surface area contributed by atoms with Crippen LogP contribution in [0.15, 0.2) is 48.5 Å². The number of halogens is 2. The van der Waals surface area contributed by atoms with Crippen LogP contribution in [0.3, 0.4) is 0 Å². The molecule has 0 amide bonds. The van der Waals surface area contributed by atoms with Crippen LogP contribution in [0.4, 0.5) is 0 Å². The van der Waals surface area contributed by atoms with Crippen LogP contribution in [0, 0.1) is 0 Å². The monoisotopic (exact) mass is 416 g/mol. The van der Waals surface area contributed by atoms with Crippen LogP contribution in [0.1, 0.15) is 43.9 Å². The number of aromatic nitrogens is 3. The quantitative estimate of drug-likeness (QED) is 0.413. The molecule has 4 nitrogen and oxygen atoms in total. The molecule has 0 saturated heterocycles. The van der Waals surface area contributed by atoms with Crippen LogP contribution >= 0.6 is 23.2 Å². The zero-order valence-corrected chi connectivity index (χ0v) is 17.7. The Morgan fingerprint density at radius 1 is 0.929 bits per heavy atom. The summed E-state index contributed by atoms with van der Waals surface area (Å²) in [6, 6.07) is 15.8. The highest BCUT2D eigenvalue weighted by Gasteiger charge is 2.13. The molecule has 0 aliphatic rings. The van der Waals surface area contributed by atoms with Crippen LogP contribution in [-0.2, 0) is 13.1 Å². The Bertz CT molecular complexity index is 877. The molecule has 1 aromatic heterocycles. The second-order valence-electron chi connectivity index (χ2n) is 6.88. The number of hydrogen-bond donors (Lipinski definition) is 1. The largest absolute Gasteiger partial charge is 0.311 e. The summed E-state index contributed by atoms with van der Waals surface area (Å²) in [6.45, 7) is 4.48. The predicted octanol–water partition coefficient (Wildman–Crippen LogP) is 5.97. The Kier molecular flexibility index (Phi) is 7.90. The first-order valence-electron chi connectivity index (χ1n) is 9.81. The highest BCUT2D eigenvalue weighted by molar-refractivity contribution is 6.42. The summed E-state index contributed by atoms with van der Waals surface area (Å²) in [6.07, 6.45) is 4.99. The minimum absolute atomic E-state index is 0.545. The summed E-state index contributed by atoms with van der Waals surface area (Å²) in [5.41, 5.74) is 3.97. The molecule has 1 N–H and O–H groups in total. The first-order valence-corrected chi connectivity index (χ1v) is 10.6. The van der Waals surface area contributed by atoms with E-state index in [1.165, 1.54) is 25.7 Å². The number of benzene rings is 2. The highest BCUT2D eigenvalue weighted by atomic mass is 35.5. The lowest BCUT2D eigenvalue weighted by Gasteiger charge is -2.04. The summed E-state index contributed by atoms with van der Waals surface area (Å²) >= 11 is 12.2. The van der Waals surface area contributed by atoms with E-state index in [1.54, 1.807) is 10.9 Å². The van der Waals surface area contributed by atoms with Crippen LogP contribution in [0.2, 0.25) is 10.0 Å². The average molecular weight is 417 g/mol. The van der Waals surface area contributed by atoms with E-state index in [2.05, 4.69) is 24.4 Å². The van der Waals surface area contributed by atoms with Gasteiger partial charge in [-0.1, -0.05) is 85.8 Å². The summed E-state index contributed by atoms with van der Waals surface area (Å²) in [5.74, 6) is 0. The highest BCUT2D eigenvalue weighted by Crippen LogP contribution is 2.24. The van der Waals surface area contributed by atoms with E-state index in [-0.39, 0.29) is 0 Å². The van der Waals surface area contributed by atoms with Crippen molar-refractivity contribution < 1.29 is 0 Å². The van der Waals surface area contributed by atoms with Crippen LogP contribution in [0.5, 0.6) is 0 Å². The van der Waals surface area contributed by atoms with Gasteiger partial charge in [0.25, 0.3) is 0 Å². The van der Waals surface area contributed by atoms with Crippen molar-refractivity contribution in [3.8, 4) is 11.3 Å². The minimum atomic E-state index is 0.545. The Hall–Kier alpha value is -1.88. The van der Waals surface area contributed by atoms with E-state index in [1.807, 2.05) is 30.3 Å². The van der Waals surface area contributed by atoms with E-state index in [0.29, 0.717) is 23.1 Å². The fourth-order valence-corrected chi connectivity index (χ4v) is 3.40. The third kappa shape index (κ3) is 5.81. The van der Waals surface area contributed by atoms with Gasteiger partial charge in [0.05, 0.1) is 16.6 Å². The number of nitrogens with one attached hydrogen (secondary N) is 1.